The Hall–Kier alpha value is -8.55. The Bertz CT molecular complexity index is 5210. The van der Waals surface area contributed by atoms with E-state index >= 15 is 0 Å². The zero-order chi connectivity index (χ0) is 65.7. The highest BCUT2D eigenvalue weighted by molar-refractivity contribution is 7.26. The van der Waals surface area contributed by atoms with E-state index in [0.29, 0.717) is 0 Å². The van der Waals surface area contributed by atoms with Gasteiger partial charge in [-0.05, 0) is 74.2 Å². The van der Waals surface area contributed by atoms with Gasteiger partial charge in [0.05, 0.1) is 42.6 Å². The van der Waals surface area contributed by atoms with Crippen molar-refractivity contribution < 1.29 is 31.5 Å². The molecule has 10 aromatic carbocycles. The molecule has 13 aromatic rings. The van der Waals surface area contributed by atoms with Crippen LogP contribution in [-0.2, 0) is 0 Å². The Morgan fingerprint density at radius 2 is 0.841 bits per heavy atom. The van der Waals surface area contributed by atoms with Crippen LogP contribution in [0.4, 0.5) is 0 Å². The van der Waals surface area contributed by atoms with Crippen LogP contribution in [-0.4, -0.2) is 27.6 Å². The summed E-state index contributed by atoms with van der Waals surface area (Å²) in [5, 5.41) is 2.76. The van der Waals surface area contributed by atoms with Crippen molar-refractivity contribution in [3.63, 3.8) is 0 Å². The molecular formula is C63H42N4SSi. The first-order chi connectivity index (χ1) is 43.8. The first-order valence-electron chi connectivity index (χ1n) is 33.0. The fourth-order valence-electron chi connectivity index (χ4n) is 8.99. The van der Waals surface area contributed by atoms with Crippen LogP contribution in [0, 0.1) is 0 Å². The van der Waals surface area contributed by atoms with E-state index in [4.69, 9.17) is 31.4 Å². The number of nitrogens with zero attached hydrogens (tertiary/aromatic N) is 4. The highest BCUT2D eigenvalue weighted by Crippen LogP contribution is 2.41. The molecule has 0 bridgehead atoms. The van der Waals surface area contributed by atoms with E-state index in [1.165, 1.54) is 0 Å². The monoisotopic (exact) mass is 937 g/mol. The zero-order valence-electron chi connectivity index (χ0n) is 58.7. The molecule has 0 aliphatic rings. The van der Waals surface area contributed by atoms with Gasteiger partial charge < -0.3 is 4.57 Å². The molecule has 0 saturated carbocycles. The van der Waals surface area contributed by atoms with Crippen LogP contribution >= 0.6 is 11.3 Å². The van der Waals surface area contributed by atoms with Crippen LogP contribution in [0.3, 0.4) is 0 Å². The summed E-state index contributed by atoms with van der Waals surface area (Å²) in [7, 11) is -3.21. The van der Waals surface area contributed by atoms with E-state index in [9.17, 15) is 15.1 Å². The third-order valence-corrected chi connectivity index (χ3v) is 17.8. The maximum atomic E-state index is 10.1. The van der Waals surface area contributed by atoms with Crippen LogP contribution in [0.1, 0.15) is 31.5 Å². The molecule has 0 unspecified atom stereocenters. The Morgan fingerprint density at radius 1 is 0.377 bits per heavy atom. The van der Waals surface area contributed by atoms with E-state index in [-0.39, 0.29) is 31.6 Å². The number of benzene rings is 10. The molecule has 0 aliphatic carbocycles. The highest BCUT2D eigenvalue weighted by Gasteiger charge is 2.41. The summed E-state index contributed by atoms with van der Waals surface area (Å²) >= 11 is 0.733. The normalized spacial score (nSPS) is 16.4. The Balaban J connectivity index is 1.14. The quantitative estimate of drug-likeness (QED) is 0.107. The second kappa shape index (κ2) is 17.0. The van der Waals surface area contributed by atoms with E-state index in [0.717, 1.165) is 36.7 Å². The van der Waals surface area contributed by atoms with Gasteiger partial charge in [-0.25, -0.2) is 15.0 Å². The number of hydrogen-bond donors (Lipinski definition) is 0. The summed E-state index contributed by atoms with van der Waals surface area (Å²) in [6, 6.07) is 19.6. The maximum absolute atomic E-state index is 10.1. The predicted octanol–water partition coefficient (Wildman–Crippen LogP) is 13.4. The van der Waals surface area contributed by atoms with Crippen LogP contribution in [0.25, 0.3) is 93.0 Å². The second-order valence-electron chi connectivity index (χ2n) is 15.7. The van der Waals surface area contributed by atoms with Crippen LogP contribution < -0.4 is 20.7 Å². The van der Waals surface area contributed by atoms with Crippen molar-refractivity contribution in [2.45, 2.75) is 0 Å². The topological polar surface area (TPSA) is 43.6 Å². The van der Waals surface area contributed by atoms with Crippen LogP contribution in [0.2, 0.25) is 0 Å². The highest BCUT2D eigenvalue weighted by atomic mass is 32.1. The van der Waals surface area contributed by atoms with Gasteiger partial charge in [-0.3, -0.25) is 0 Å². The van der Waals surface area contributed by atoms with Gasteiger partial charge in [0.2, 0.25) is 0 Å². The predicted molar refractivity (Wildman–Crippen MR) is 292 cm³/mol. The summed E-state index contributed by atoms with van der Waals surface area (Å²) in [4.78, 5) is 14.4. The number of hydrogen-bond acceptors (Lipinski definition) is 4. The third-order valence-electron chi connectivity index (χ3n) is 12.0. The molecule has 6 heteroatoms. The van der Waals surface area contributed by atoms with Gasteiger partial charge in [0.15, 0.2) is 25.5 Å². The molecule has 13 rings (SSSR count). The Morgan fingerprint density at radius 3 is 1.45 bits per heavy atom. The zero-order valence-corrected chi connectivity index (χ0v) is 37.5. The molecule has 0 radical (unpaired) electrons. The van der Waals surface area contributed by atoms with Crippen molar-refractivity contribution in [3.8, 4) is 51.0 Å². The lowest BCUT2D eigenvalue weighted by atomic mass is 9.98. The van der Waals surface area contributed by atoms with Gasteiger partial charge in [-0.2, -0.15) is 0 Å². The standard InChI is InChI=1S/C63H42N4SSi/c1-4-23-48(24-5-1)69(49-25-6-2-7-26-49,50-27-8-3-9-28-50)51-39-37-43(38-40-51)61-64-62(45-20-16-19-44(41-45)52-32-18-36-59-60(52)55-31-12-15-35-58(55)68-59)66-63(65-61)46-21-17-22-47(42-46)67-56-33-13-10-29-53(56)54-30-11-14-34-57(54)67/h1-42H/i10D,11D,12D,13D,14D,15D,16D,17D,18D,19D,20D,21D,22D,29D,30D,31D,32D,33D,34D,35D,36D,41D,42D. The summed E-state index contributed by atoms with van der Waals surface area (Å²) in [6.45, 7) is 0. The molecule has 0 fully saturated rings. The molecular weight excluding hydrogens is 873 g/mol. The molecule has 324 valence electrons. The summed E-state index contributed by atoms with van der Waals surface area (Å²) in [5.74, 6) is -1.56. The third kappa shape index (κ3) is 6.91. The molecule has 0 spiro atoms. The Kier molecular flexibility index (Phi) is 5.76. The SMILES string of the molecule is [2H]c1c([2H])c(-c2nc(-c3ccc([Si](c4ccccc4)(c4ccccc4)c4ccccc4)cc3)nc(-c3c([2H])c([2H])c([2H])c(-n4c5c([2H])c([2H])c([2H])c([2H])c5c5c([2H])c([2H])c([2H])c([2H])c54)c3[2H])n2)c([2H])c(-c2c([2H])c([2H])c([2H])c3sc4c([2H])c([2H])c([2H])c([2H])c4c23)c1[2H]. The second-order valence-corrected chi connectivity index (χ2v) is 20.6. The summed E-state index contributed by atoms with van der Waals surface area (Å²) in [6.07, 6.45) is 0. The Labute approximate surface area is 437 Å². The van der Waals surface area contributed by atoms with E-state index in [1.54, 1.807) is 12.1 Å². The molecule has 4 nitrogen and oxygen atoms in total. The summed E-state index contributed by atoms with van der Waals surface area (Å²) < 4.78 is 211. The first kappa shape index (κ1) is 23.4. The van der Waals surface area contributed by atoms with Gasteiger partial charge in [-0.1, -0.05) is 212 Å². The largest absolute Gasteiger partial charge is 0.309 e. The molecule has 0 aliphatic heterocycles. The summed E-state index contributed by atoms with van der Waals surface area (Å²) in [5.41, 5.74) is -3.83. The fourth-order valence-corrected chi connectivity index (χ4v) is 14.7. The van der Waals surface area contributed by atoms with E-state index in [2.05, 4.69) is 36.4 Å². The first-order valence-corrected chi connectivity index (χ1v) is 24.3. The number of fused-ring (bicyclic) bond motifs is 6. The minimum atomic E-state index is -3.21. The van der Waals surface area contributed by atoms with E-state index < -0.39 is 208 Å². The lowest BCUT2D eigenvalue weighted by molar-refractivity contribution is 1.07. The van der Waals surface area contributed by atoms with Gasteiger partial charge in [0, 0.05) is 53.3 Å². The number of para-hydroxylation sites is 2. The average Bonchev–Trinajstić information content (AvgIpc) is 1.50. The van der Waals surface area contributed by atoms with Crippen molar-refractivity contribution in [2.24, 2.45) is 0 Å². The van der Waals surface area contributed by atoms with Crippen LogP contribution in [0.15, 0.2) is 254 Å². The van der Waals surface area contributed by atoms with Crippen molar-refractivity contribution in [3.05, 3.63) is 254 Å². The fraction of sp³-hybridized carbons (Fsp3) is 0. The van der Waals surface area contributed by atoms with Crippen LogP contribution in [0.5, 0.6) is 0 Å². The lowest BCUT2D eigenvalue weighted by Crippen LogP contribution is -2.74. The molecule has 3 heterocycles. The molecule has 69 heavy (non-hydrogen) atoms. The van der Waals surface area contributed by atoms with Gasteiger partial charge in [-0.15, -0.1) is 11.3 Å². The molecule has 0 atom stereocenters. The number of rotatable bonds is 9. The van der Waals surface area contributed by atoms with E-state index in [1.807, 2.05) is 66.7 Å². The lowest BCUT2D eigenvalue weighted by Gasteiger charge is -2.34. The van der Waals surface area contributed by atoms with Gasteiger partial charge in [0.25, 0.3) is 0 Å². The molecule has 0 amide bonds. The van der Waals surface area contributed by atoms with Crippen molar-refractivity contribution in [1.29, 1.82) is 0 Å². The minimum absolute atomic E-state index is 0.0629. The van der Waals surface area contributed by atoms with Crippen molar-refractivity contribution >= 4 is 82.1 Å². The number of thiophene rings is 1. The smallest absolute Gasteiger partial charge is 0.179 e. The molecule has 3 aromatic heterocycles. The average molecular weight is 938 g/mol. The molecule has 0 N–H and O–H groups in total. The van der Waals surface area contributed by atoms with Crippen molar-refractivity contribution in [1.82, 2.24) is 19.5 Å². The van der Waals surface area contributed by atoms with Gasteiger partial charge >= 0.3 is 0 Å². The van der Waals surface area contributed by atoms with Crippen molar-refractivity contribution in [2.75, 3.05) is 0 Å². The molecule has 0 saturated heterocycles. The van der Waals surface area contributed by atoms with Gasteiger partial charge in [0.1, 0.15) is 0 Å². The minimum Gasteiger partial charge on any atom is -0.309 e. The number of aromatic nitrogens is 4. The maximum Gasteiger partial charge on any atom is 0.179 e.